The molecule has 4 N–H and O–H groups in total. The molecule has 3 aliphatic rings. The molecule has 1 spiro atoms. The van der Waals surface area contributed by atoms with E-state index in [-0.39, 0.29) is 49.9 Å². The predicted octanol–water partition coefficient (Wildman–Crippen LogP) is 4.79. The number of aliphatic hydroxyl groups excluding tert-OH is 1. The molecule has 12 heteroatoms. The largest absolute Gasteiger partial charge is 0.432 e. The van der Waals surface area contributed by atoms with Gasteiger partial charge >= 0.3 is 0 Å². The number of nitrogens with one attached hydrogen (secondary N) is 2. The average molecular weight is 705 g/mol. The molecule has 49 heavy (non-hydrogen) atoms. The molecule has 0 aliphatic carbocycles. The number of aliphatic hydroxyl groups is 1. The number of rotatable bonds is 11. The van der Waals surface area contributed by atoms with E-state index in [4.69, 9.17) is 16.3 Å². The molecule has 3 aromatic carbocycles. The van der Waals surface area contributed by atoms with Crippen LogP contribution in [0.4, 0.5) is 11.4 Å². The maximum Gasteiger partial charge on any atom is 0.264 e. The first kappa shape index (κ1) is 35.3. The van der Waals surface area contributed by atoms with Crippen LogP contribution < -0.4 is 15.5 Å². The number of ether oxygens (including phenoxy) is 1. The smallest absolute Gasteiger partial charge is 0.264 e. The Kier molecular flexibility index (Phi) is 10.3. The molecule has 260 valence electrons. The van der Waals surface area contributed by atoms with Crippen LogP contribution >= 0.6 is 11.6 Å². The van der Waals surface area contributed by atoms with Gasteiger partial charge in [0, 0.05) is 40.8 Å². The van der Waals surface area contributed by atoms with E-state index < -0.39 is 31.5 Å². The van der Waals surface area contributed by atoms with Crippen LogP contribution in [0.3, 0.4) is 0 Å². The van der Waals surface area contributed by atoms with E-state index in [1.807, 2.05) is 80.7 Å². The van der Waals surface area contributed by atoms with Crippen molar-refractivity contribution in [2.45, 2.75) is 75.7 Å². The fourth-order valence-corrected chi connectivity index (χ4v) is 10.7. The second kappa shape index (κ2) is 14.3. The van der Waals surface area contributed by atoms with Crippen molar-refractivity contribution in [1.82, 2.24) is 10.2 Å². The summed E-state index contributed by atoms with van der Waals surface area (Å²) in [5, 5.41) is 16.4. The maximum absolute atomic E-state index is 14.8. The summed E-state index contributed by atoms with van der Waals surface area (Å²) in [6.07, 6.45) is 1.00. The van der Waals surface area contributed by atoms with Gasteiger partial charge in [-0.1, -0.05) is 61.0 Å². The van der Waals surface area contributed by atoms with Crippen molar-refractivity contribution in [3.8, 4) is 0 Å². The quantitative estimate of drug-likeness (QED) is 0.211. The van der Waals surface area contributed by atoms with E-state index in [1.165, 1.54) is 0 Å². The van der Waals surface area contributed by atoms with Crippen LogP contribution in [0.25, 0.3) is 0 Å². The fraction of sp³-hybridized carbons (Fsp3) is 0.432. The first-order chi connectivity index (χ1) is 23.4. The molecule has 3 aromatic rings. The van der Waals surface area contributed by atoms with Crippen LogP contribution in [-0.2, 0) is 37.8 Å². The summed E-state index contributed by atoms with van der Waals surface area (Å²) < 4.78 is 6.85. The summed E-state index contributed by atoms with van der Waals surface area (Å²) in [5.41, 5.74) is 1.86. The highest BCUT2D eigenvalue weighted by atomic mass is 35.5. The Balaban J connectivity index is 1.27. The summed E-state index contributed by atoms with van der Waals surface area (Å²) in [4.78, 5) is 56.1. The van der Waals surface area contributed by atoms with E-state index in [9.17, 15) is 24.3 Å². The summed E-state index contributed by atoms with van der Waals surface area (Å²) in [5.74, 6) is -1.01. The maximum atomic E-state index is 14.8. The monoisotopic (exact) mass is 704 g/mol. The van der Waals surface area contributed by atoms with Crippen LogP contribution in [-0.4, -0.2) is 72.7 Å². The van der Waals surface area contributed by atoms with Gasteiger partial charge in [0.2, 0.25) is 11.8 Å². The summed E-state index contributed by atoms with van der Waals surface area (Å²) in [7, 11) is -3.02. The molecule has 2 saturated heterocycles. The Bertz CT molecular complexity index is 1680. The van der Waals surface area contributed by atoms with Gasteiger partial charge in [0.25, 0.3) is 5.91 Å². The molecule has 10 nitrogen and oxygen atoms in total. The highest BCUT2D eigenvalue weighted by Crippen LogP contribution is 2.60. The van der Waals surface area contributed by atoms with Gasteiger partial charge in [-0.25, -0.2) is 0 Å². The Morgan fingerprint density at radius 2 is 1.84 bits per heavy atom. The first-order valence-electron chi connectivity index (χ1n) is 17.0. The van der Waals surface area contributed by atoms with E-state index in [0.717, 1.165) is 30.5 Å². The molecule has 5 atom stereocenters. The molecular formula is C37H45ClN4O6Si. The number of hydrogen-bond acceptors (Lipinski definition) is 7. The van der Waals surface area contributed by atoms with Crippen LogP contribution in [0.5, 0.6) is 0 Å². The van der Waals surface area contributed by atoms with Crippen molar-refractivity contribution in [3.63, 3.8) is 0 Å². The summed E-state index contributed by atoms with van der Waals surface area (Å²) in [6.45, 7) is 6.94. The third kappa shape index (κ3) is 7.06. The zero-order valence-electron chi connectivity index (χ0n) is 28.2. The van der Waals surface area contributed by atoms with Crippen molar-refractivity contribution in [2.24, 2.45) is 5.92 Å². The van der Waals surface area contributed by atoms with Crippen molar-refractivity contribution in [2.75, 3.05) is 29.9 Å². The molecule has 3 heterocycles. The van der Waals surface area contributed by atoms with Crippen molar-refractivity contribution in [1.29, 1.82) is 0 Å². The second-order valence-corrected chi connectivity index (χ2v) is 18.4. The van der Waals surface area contributed by atoms with Crippen molar-refractivity contribution in [3.05, 3.63) is 94.5 Å². The average Bonchev–Trinajstić information content (AvgIpc) is 3.76. The Hall–Kier alpha value is -3.58. The number of carbonyl (C=O) groups excluding carboxylic acids is 3. The Morgan fingerprint density at radius 1 is 1.10 bits per heavy atom. The van der Waals surface area contributed by atoms with Crippen LogP contribution in [0.1, 0.15) is 42.9 Å². The van der Waals surface area contributed by atoms with Gasteiger partial charge in [-0.3, -0.25) is 14.4 Å². The third-order valence-electron chi connectivity index (χ3n) is 10.2. The van der Waals surface area contributed by atoms with E-state index in [1.54, 1.807) is 21.9 Å². The minimum Gasteiger partial charge on any atom is -0.432 e. The minimum absolute atomic E-state index is 0.0483. The molecule has 2 fully saturated rings. The Morgan fingerprint density at radius 3 is 2.49 bits per heavy atom. The van der Waals surface area contributed by atoms with Crippen molar-refractivity contribution >= 4 is 49.0 Å². The van der Waals surface area contributed by atoms with Gasteiger partial charge in [0.1, 0.15) is 0 Å². The molecule has 0 bridgehead atoms. The lowest BCUT2D eigenvalue weighted by molar-refractivity contribution is -0.150. The Labute approximate surface area is 293 Å². The molecule has 0 radical (unpaired) electrons. The molecule has 0 aromatic heterocycles. The number of carbonyl (C=O) groups is 3. The number of anilines is 2. The zero-order chi connectivity index (χ0) is 34.9. The highest BCUT2D eigenvalue weighted by molar-refractivity contribution is 6.71. The third-order valence-corrected chi connectivity index (χ3v) is 12.9. The molecule has 0 saturated carbocycles. The summed E-state index contributed by atoms with van der Waals surface area (Å²) >= 11 is 6.55. The van der Waals surface area contributed by atoms with E-state index in [2.05, 4.69) is 10.6 Å². The SMILES string of the molecule is C[C@H]1[C@H]([Si](C)(C)O)[C@@H](CC(=O)N(CCO)Cc2ccccc2)O[C@]12C(=O)N(Cc1ccc(NC(=O)[C@H]3CCCN3)cc1)c1ccc(Cl)cc12. The number of fused-ring (bicyclic) bond motifs is 2. The number of hydrogen-bond donors (Lipinski definition) is 4. The predicted molar refractivity (Wildman–Crippen MR) is 191 cm³/mol. The highest BCUT2D eigenvalue weighted by Gasteiger charge is 2.66. The lowest BCUT2D eigenvalue weighted by Crippen LogP contribution is -2.46. The van der Waals surface area contributed by atoms with Crippen LogP contribution in [0.15, 0.2) is 72.8 Å². The lowest BCUT2D eigenvalue weighted by atomic mass is 9.82. The van der Waals surface area contributed by atoms with Gasteiger partial charge in [-0.2, -0.15) is 0 Å². The molecule has 0 unspecified atom stereocenters. The lowest BCUT2D eigenvalue weighted by Gasteiger charge is -2.32. The molecule has 3 amide bonds. The van der Waals surface area contributed by atoms with Gasteiger partial charge in [0.05, 0.1) is 37.4 Å². The second-order valence-electron chi connectivity index (χ2n) is 14.0. The van der Waals surface area contributed by atoms with Gasteiger partial charge in [0.15, 0.2) is 13.9 Å². The molecular weight excluding hydrogens is 660 g/mol. The topological polar surface area (TPSA) is 131 Å². The van der Waals surface area contributed by atoms with Gasteiger partial charge in [-0.15, -0.1) is 0 Å². The van der Waals surface area contributed by atoms with Gasteiger partial charge in [-0.05, 0) is 73.9 Å². The fourth-order valence-electron chi connectivity index (χ4n) is 7.94. The minimum atomic E-state index is -3.02. The molecule has 3 aliphatic heterocycles. The normalized spacial score (nSPS) is 24.8. The number of halogens is 1. The van der Waals surface area contributed by atoms with Crippen LogP contribution in [0.2, 0.25) is 23.7 Å². The zero-order valence-corrected chi connectivity index (χ0v) is 30.0. The van der Waals surface area contributed by atoms with Crippen LogP contribution in [0, 0.1) is 5.92 Å². The van der Waals surface area contributed by atoms with Gasteiger partial charge < -0.3 is 35.1 Å². The number of amides is 3. The van der Waals surface area contributed by atoms with E-state index >= 15 is 0 Å². The standard InChI is InChI=1S/C37H45ClN4O6Si/c1-24-34(49(2,3)47)32(21-33(44)41(18-19-43)22-25-8-5-4-6-9-25)48-37(24)29-20-27(38)13-16-31(29)42(36(37)46)23-26-11-14-28(15-12-26)40-35(45)30-10-7-17-39-30/h4-6,8-9,11-16,20,24,30,32,34,39,43,47H,7,10,17-19,21-23H2,1-3H3,(H,40,45)/t24-,30+,32+,34-,37+/m0/s1. The van der Waals surface area contributed by atoms with E-state index in [0.29, 0.717) is 28.5 Å². The number of benzene rings is 3. The first-order valence-corrected chi connectivity index (χ1v) is 20.4. The van der Waals surface area contributed by atoms with Crippen molar-refractivity contribution < 1.29 is 29.0 Å². The molecule has 6 rings (SSSR count). The summed E-state index contributed by atoms with van der Waals surface area (Å²) in [6, 6.07) is 22.2. The number of nitrogens with zero attached hydrogens (tertiary/aromatic N) is 2.